The molecule has 0 amide bonds. The van der Waals surface area contributed by atoms with E-state index in [4.69, 9.17) is 24.3 Å². The number of hydrogen-bond acceptors (Lipinski definition) is 8. The number of hydrogen-bond donors (Lipinski definition) is 2. The zero-order valence-electron chi connectivity index (χ0n) is 36.2. The number of phosphoric ester groups is 1. The Labute approximate surface area is 339 Å². The number of rotatable bonds is 45. The molecule has 0 rings (SSSR count). The maximum atomic E-state index is 12.2. The van der Waals surface area contributed by atoms with Crippen LogP contribution >= 0.6 is 7.82 Å². The lowest BCUT2D eigenvalue weighted by molar-refractivity contribution is -0.161. The van der Waals surface area contributed by atoms with Gasteiger partial charge in [-0.15, -0.1) is 0 Å². The normalized spacial score (nSPS) is 13.2. The van der Waals surface area contributed by atoms with Crippen LogP contribution in [0, 0.1) is 0 Å². The summed E-state index contributed by atoms with van der Waals surface area (Å²) in [6, 6.07) is 0. The lowest BCUT2D eigenvalue weighted by Gasteiger charge is -2.19. The van der Waals surface area contributed by atoms with E-state index in [2.05, 4.69) is 6.92 Å². The molecule has 1 unspecified atom stereocenters. The summed E-state index contributed by atoms with van der Waals surface area (Å²) in [5.41, 5.74) is 5.28. The quantitative estimate of drug-likeness (QED) is 0.0350. The Bertz CT molecular complexity index is 876. The highest BCUT2D eigenvalue weighted by Gasteiger charge is 2.25. The number of carbonyl (C=O) groups excluding carboxylic acids is 2. The van der Waals surface area contributed by atoms with E-state index in [0.29, 0.717) is 6.42 Å². The van der Waals surface area contributed by atoms with Gasteiger partial charge >= 0.3 is 19.8 Å². The monoisotopic (exact) mass is 804 g/mol. The van der Waals surface area contributed by atoms with Gasteiger partial charge in [0.1, 0.15) is 6.61 Å². The Morgan fingerprint density at radius 2 is 0.818 bits per heavy atom. The molecule has 0 aromatic carbocycles. The molecule has 0 fully saturated rings. The summed E-state index contributed by atoms with van der Waals surface area (Å²) >= 11 is 0. The SMILES string of the molecule is CCCCCCCCCCCCCCCCCCCCCCCCCCCCCCCCCCCC(=O)OC[C@H](COP(=O)(O)OCCN)OC(=O)CCC. The number of ether oxygens (including phenoxy) is 2. The van der Waals surface area contributed by atoms with E-state index in [9.17, 15) is 19.0 Å². The summed E-state index contributed by atoms with van der Waals surface area (Å²) in [7, 11) is -4.34. The first kappa shape index (κ1) is 54.0. The molecule has 0 aliphatic rings. The molecule has 0 aliphatic heterocycles. The van der Waals surface area contributed by atoms with Gasteiger partial charge in [-0.1, -0.05) is 219 Å². The Hall–Kier alpha value is -0.990. The molecule has 55 heavy (non-hydrogen) atoms. The maximum absolute atomic E-state index is 12.2. The molecule has 0 spiro atoms. The first-order valence-electron chi connectivity index (χ1n) is 23.5. The van der Waals surface area contributed by atoms with E-state index in [1.807, 2.05) is 6.92 Å². The average Bonchev–Trinajstić information content (AvgIpc) is 3.17. The molecular weight excluding hydrogens is 713 g/mol. The Morgan fingerprint density at radius 1 is 0.473 bits per heavy atom. The van der Waals surface area contributed by atoms with Crippen molar-refractivity contribution in [2.45, 2.75) is 251 Å². The smallest absolute Gasteiger partial charge is 0.462 e. The number of esters is 2. The molecule has 0 saturated carbocycles. The average molecular weight is 804 g/mol. The first-order valence-corrected chi connectivity index (χ1v) is 25.0. The highest BCUT2D eigenvalue weighted by Crippen LogP contribution is 2.43. The van der Waals surface area contributed by atoms with Gasteiger partial charge in [-0.25, -0.2) is 4.57 Å². The van der Waals surface area contributed by atoms with Crippen LogP contribution in [-0.4, -0.2) is 49.3 Å². The van der Waals surface area contributed by atoms with Crippen LogP contribution in [0.5, 0.6) is 0 Å². The largest absolute Gasteiger partial charge is 0.472 e. The fourth-order valence-electron chi connectivity index (χ4n) is 7.03. The fraction of sp³-hybridized carbons (Fsp3) is 0.956. The molecule has 9 nitrogen and oxygen atoms in total. The van der Waals surface area contributed by atoms with Crippen LogP contribution in [-0.2, 0) is 32.7 Å². The zero-order valence-corrected chi connectivity index (χ0v) is 37.1. The molecule has 2 atom stereocenters. The van der Waals surface area contributed by atoms with Crippen molar-refractivity contribution in [3.05, 3.63) is 0 Å². The molecule has 0 radical (unpaired) electrons. The summed E-state index contributed by atoms with van der Waals surface area (Å²) in [4.78, 5) is 33.8. The summed E-state index contributed by atoms with van der Waals surface area (Å²) < 4.78 is 32.0. The molecule has 10 heteroatoms. The second-order valence-corrected chi connectivity index (χ2v) is 17.4. The minimum absolute atomic E-state index is 0.0557. The van der Waals surface area contributed by atoms with E-state index >= 15 is 0 Å². The van der Waals surface area contributed by atoms with Gasteiger partial charge < -0.3 is 20.1 Å². The lowest BCUT2D eigenvalue weighted by Crippen LogP contribution is -2.29. The molecule has 328 valence electrons. The van der Waals surface area contributed by atoms with Crippen molar-refractivity contribution in [1.29, 1.82) is 0 Å². The molecule has 3 N–H and O–H groups in total. The molecule has 0 saturated heterocycles. The summed E-state index contributed by atoms with van der Waals surface area (Å²) in [5.74, 6) is -0.877. The first-order chi connectivity index (χ1) is 26.8. The molecule has 0 bridgehead atoms. The van der Waals surface area contributed by atoms with Crippen LogP contribution in [0.15, 0.2) is 0 Å². The summed E-state index contributed by atoms with van der Waals surface area (Å²) in [6.45, 7) is 3.36. The van der Waals surface area contributed by atoms with Gasteiger partial charge in [0.2, 0.25) is 0 Å². The van der Waals surface area contributed by atoms with Gasteiger partial charge in [-0.05, 0) is 12.8 Å². The van der Waals surface area contributed by atoms with Crippen LogP contribution in [0.1, 0.15) is 245 Å². The highest BCUT2D eigenvalue weighted by molar-refractivity contribution is 7.47. The Kier molecular flexibility index (Phi) is 41.8. The molecule has 0 aromatic rings. The van der Waals surface area contributed by atoms with E-state index in [0.717, 1.165) is 19.3 Å². The van der Waals surface area contributed by atoms with E-state index in [-0.39, 0.29) is 38.6 Å². The van der Waals surface area contributed by atoms with Crippen molar-refractivity contribution in [2.24, 2.45) is 5.73 Å². The number of nitrogens with two attached hydrogens (primary N) is 1. The fourth-order valence-corrected chi connectivity index (χ4v) is 7.79. The highest BCUT2D eigenvalue weighted by atomic mass is 31.2. The van der Waals surface area contributed by atoms with Crippen molar-refractivity contribution < 1.29 is 37.6 Å². The van der Waals surface area contributed by atoms with Crippen molar-refractivity contribution in [2.75, 3.05) is 26.4 Å². The van der Waals surface area contributed by atoms with Crippen molar-refractivity contribution in [1.82, 2.24) is 0 Å². The van der Waals surface area contributed by atoms with Gasteiger partial charge in [-0.2, -0.15) is 0 Å². The third-order valence-corrected chi connectivity index (χ3v) is 11.4. The topological polar surface area (TPSA) is 134 Å². The second kappa shape index (κ2) is 42.6. The van der Waals surface area contributed by atoms with Gasteiger partial charge in [0.15, 0.2) is 6.10 Å². The van der Waals surface area contributed by atoms with Gasteiger partial charge in [0, 0.05) is 19.4 Å². The molecular formula is C45H90NO8P. The summed E-state index contributed by atoms with van der Waals surface area (Å²) in [5, 5.41) is 0. The second-order valence-electron chi connectivity index (χ2n) is 16.0. The van der Waals surface area contributed by atoms with Gasteiger partial charge in [0.05, 0.1) is 13.2 Å². The number of carbonyl (C=O) groups is 2. The van der Waals surface area contributed by atoms with E-state index in [1.165, 1.54) is 193 Å². The number of phosphoric acid groups is 1. The Morgan fingerprint density at radius 3 is 1.15 bits per heavy atom. The third-order valence-electron chi connectivity index (χ3n) is 10.5. The van der Waals surface area contributed by atoms with Crippen LogP contribution in [0.25, 0.3) is 0 Å². The minimum Gasteiger partial charge on any atom is -0.462 e. The predicted molar refractivity (Wildman–Crippen MR) is 229 cm³/mol. The number of unbranched alkanes of at least 4 members (excludes halogenated alkanes) is 32. The van der Waals surface area contributed by atoms with Crippen molar-refractivity contribution >= 4 is 19.8 Å². The van der Waals surface area contributed by atoms with Crippen LogP contribution < -0.4 is 5.73 Å². The molecule has 0 aromatic heterocycles. The predicted octanol–water partition coefficient (Wildman–Crippen LogP) is 13.6. The third kappa shape index (κ3) is 42.4. The van der Waals surface area contributed by atoms with Gasteiger partial charge in [0.25, 0.3) is 0 Å². The molecule has 0 heterocycles. The lowest BCUT2D eigenvalue weighted by atomic mass is 10.0. The van der Waals surface area contributed by atoms with Gasteiger partial charge in [-0.3, -0.25) is 18.6 Å². The van der Waals surface area contributed by atoms with Crippen LogP contribution in [0.4, 0.5) is 0 Å². The van der Waals surface area contributed by atoms with E-state index < -0.39 is 26.5 Å². The maximum Gasteiger partial charge on any atom is 0.472 e. The minimum atomic E-state index is -4.34. The van der Waals surface area contributed by atoms with E-state index in [1.54, 1.807) is 0 Å². The zero-order chi connectivity index (χ0) is 40.3. The molecule has 0 aliphatic carbocycles. The standard InChI is InChI=1S/C45H90NO8P/c1-3-5-6-7-8-9-10-11-12-13-14-15-16-17-18-19-20-21-22-23-24-25-26-27-28-29-30-31-32-33-34-35-36-38-44(47)51-41-43(54-45(48)37-4-2)42-53-55(49,50)52-40-39-46/h43H,3-42,46H2,1-2H3,(H,49,50)/t43-/m1/s1. The van der Waals surface area contributed by atoms with Crippen molar-refractivity contribution in [3.8, 4) is 0 Å². The van der Waals surface area contributed by atoms with Crippen LogP contribution in [0.3, 0.4) is 0 Å². The van der Waals surface area contributed by atoms with Crippen molar-refractivity contribution in [3.63, 3.8) is 0 Å². The van der Waals surface area contributed by atoms with Crippen LogP contribution in [0.2, 0.25) is 0 Å². The Balaban J connectivity index is 3.47. The summed E-state index contributed by atoms with van der Waals surface area (Å²) in [6.07, 6.45) is 45.2.